The number of fused-ring (bicyclic) bond motifs is 1. The first-order chi connectivity index (χ1) is 17.4. The van der Waals surface area contributed by atoms with Crippen molar-refractivity contribution in [1.82, 2.24) is 14.9 Å². The van der Waals surface area contributed by atoms with E-state index in [4.69, 9.17) is 0 Å². The largest absolute Gasteiger partial charge is 0.385 e. The third-order valence-corrected chi connectivity index (χ3v) is 7.18. The molecule has 4 rings (SSSR count). The van der Waals surface area contributed by atoms with Crippen LogP contribution in [0.5, 0.6) is 0 Å². The van der Waals surface area contributed by atoms with Gasteiger partial charge >= 0.3 is 0 Å². The molecule has 0 amide bonds. The van der Waals surface area contributed by atoms with E-state index in [-0.39, 0.29) is 21.6 Å². The van der Waals surface area contributed by atoms with Crippen LogP contribution in [0.3, 0.4) is 0 Å². The number of nitrogens with zero attached hydrogens (tertiary/aromatic N) is 4. The molecule has 7 nitrogen and oxygen atoms in total. The Morgan fingerprint density at radius 2 is 2.06 bits per heavy atom. The summed E-state index contributed by atoms with van der Waals surface area (Å²) in [7, 11) is 1.67. The zero-order valence-electron chi connectivity index (χ0n) is 21.1. The van der Waals surface area contributed by atoms with Crippen molar-refractivity contribution in [2.24, 2.45) is 12.0 Å². The summed E-state index contributed by atoms with van der Waals surface area (Å²) >= 11 is 1.27. The van der Waals surface area contributed by atoms with Gasteiger partial charge in [0.2, 0.25) is 5.12 Å². The molecule has 0 saturated heterocycles. The van der Waals surface area contributed by atoms with Crippen LogP contribution in [-0.4, -0.2) is 26.6 Å². The molecule has 1 saturated carbocycles. The summed E-state index contributed by atoms with van der Waals surface area (Å²) in [6.45, 7) is 9.99. The molecule has 1 fully saturated rings. The third kappa shape index (κ3) is 6.10. The predicted molar refractivity (Wildman–Crippen MR) is 147 cm³/mol. The molecule has 3 aromatic rings. The highest BCUT2D eigenvalue weighted by Gasteiger charge is 2.34. The Kier molecular flexibility index (Phi) is 9.20. The minimum Gasteiger partial charge on any atom is -0.385 e. The summed E-state index contributed by atoms with van der Waals surface area (Å²) in [5, 5.41) is 13.1. The average Bonchev–Trinajstić information content (AvgIpc) is 2.87. The van der Waals surface area contributed by atoms with Crippen molar-refractivity contribution in [3.63, 3.8) is 0 Å². The van der Waals surface area contributed by atoms with E-state index in [9.17, 15) is 14.9 Å². The van der Waals surface area contributed by atoms with Crippen molar-refractivity contribution in [3.8, 4) is 6.07 Å². The summed E-state index contributed by atoms with van der Waals surface area (Å²) in [5.74, 6) is 0.303. The number of aryl methyl sites for hydroxylation is 2. The Morgan fingerprint density at radius 1 is 1.31 bits per heavy atom. The monoisotopic (exact) mass is 501 g/mol. The third-order valence-electron chi connectivity index (χ3n) is 6.04. The molecule has 2 aromatic carbocycles. The lowest BCUT2D eigenvalue weighted by Gasteiger charge is -2.35. The fourth-order valence-electron chi connectivity index (χ4n) is 4.05. The average molecular weight is 502 g/mol. The number of thioether (sulfide) groups is 1. The number of hydrogen-bond donors (Lipinski definition) is 1. The van der Waals surface area contributed by atoms with Crippen LogP contribution in [0.2, 0.25) is 0 Å². The Balaban J connectivity index is 0.00000176. The predicted octanol–water partition coefficient (Wildman–Crippen LogP) is 4.98. The summed E-state index contributed by atoms with van der Waals surface area (Å²) in [5.41, 5.74) is 4.63. The maximum Gasteiger partial charge on any atom is 0.260 e. The molecule has 1 aromatic heterocycles. The maximum atomic E-state index is 12.7. The summed E-state index contributed by atoms with van der Waals surface area (Å²) in [6.07, 6.45) is 4.78. The van der Waals surface area contributed by atoms with Gasteiger partial charge in [0.15, 0.2) is 0 Å². The zero-order chi connectivity index (χ0) is 26.2. The lowest BCUT2D eigenvalue weighted by molar-refractivity contribution is -0.108. The lowest BCUT2D eigenvalue weighted by Crippen LogP contribution is -2.26. The van der Waals surface area contributed by atoms with E-state index in [2.05, 4.69) is 34.1 Å². The highest BCUT2D eigenvalue weighted by Crippen LogP contribution is 2.45. The number of carbonyl (C=O) groups excluding carboxylic acids is 1. The molecule has 0 radical (unpaired) electrons. The van der Waals surface area contributed by atoms with E-state index in [1.165, 1.54) is 22.7 Å². The molecule has 1 aliphatic carbocycles. The minimum atomic E-state index is -0.132. The molecule has 1 heterocycles. The van der Waals surface area contributed by atoms with Crippen LogP contribution in [0.15, 0.2) is 64.4 Å². The smallest absolute Gasteiger partial charge is 0.260 e. The van der Waals surface area contributed by atoms with Crippen LogP contribution >= 0.6 is 11.8 Å². The highest BCUT2D eigenvalue weighted by molar-refractivity contribution is 8.14. The van der Waals surface area contributed by atoms with Gasteiger partial charge in [-0.1, -0.05) is 49.4 Å². The highest BCUT2D eigenvalue weighted by atomic mass is 32.2. The van der Waals surface area contributed by atoms with Gasteiger partial charge in [0, 0.05) is 25.0 Å². The number of benzene rings is 2. The first-order valence-electron chi connectivity index (χ1n) is 12.0. The fourth-order valence-corrected chi connectivity index (χ4v) is 5.26. The molecule has 1 N–H and O–H groups in total. The topological polar surface area (TPSA) is 100 Å². The van der Waals surface area contributed by atoms with Crippen molar-refractivity contribution in [1.29, 1.82) is 5.26 Å². The summed E-state index contributed by atoms with van der Waals surface area (Å²) in [6, 6.07) is 13.7. The Morgan fingerprint density at radius 3 is 2.75 bits per heavy atom. The quantitative estimate of drug-likeness (QED) is 0.362. The van der Waals surface area contributed by atoms with Gasteiger partial charge in [-0.15, -0.1) is 0 Å². The number of carbonyl (C=O) groups is 1. The van der Waals surface area contributed by atoms with Crippen molar-refractivity contribution in [2.45, 2.75) is 51.3 Å². The Bertz CT molecular complexity index is 1400. The standard InChI is InChI=1S/C26H25N5O2S.C2H6/c1-16-4-6-18(12-27)21(8-16)19-10-20(11-19)34-26(33)24(28-2)14-29-13-17-5-7-23-22(9-17)25(32)31(3)15-30-23;1-2/h4-9,14-15,19-20,29H,2,10-11,13H2,1,3H3;1-2H3/b24-14-;. The van der Waals surface area contributed by atoms with Gasteiger partial charge in [0.1, 0.15) is 5.70 Å². The second-order valence-corrected chi connectivity index (χ2v) is 9.75. The van der Waals surface area contributed by atoms with Crippen molar-refractivity contribution in [2.75, 3.05) is 0 Å². The first kappa shape index (κ1) is 26.9. The van der Waals surface area contributed by atoms with E-state index < -0.39 is 0 Å². The number of hydrogen-bond acceptors (Lipinski definition) is 7. The normalized spacial score (nSPS) is 16.8. The molecule has 0 spiro atoms. The maximum absolute atomic E-state index is 12.7. The van der Waals surface area contributed by atoms with Gasteiger partial charge in [-0.05, 0) is 61.7 Å². The van der Waals surface area contributed by atoms with Gasteiger partial charge in [0.25, 0.3) is 5.56 Å². The minimum absolute atomic E-state index is 0.103. The van der Waals surface area contributed by atoms with Gasteiger partial charge in [0.05, 0.1) is 28.9 Å². The van der Waals surface area contributed by atoms with Gasteiger partial charge in [-0.2, -0.15) is 5.26 Å². The number of aromatic nitrogens is 2. The molecule has 0 bridgehead atoms. The van der Waals surface area contributed by atoms with Crippen molar-refractivity contribution >= 4 is 34.5 Å². The molecular weight excluding hydrogens is 470 g/mol. The fraction of sp³-hybridized carbons (Fsp3) is 0.321. The molecule has 186 valence electrons. The second kappa shape index (κ2) is 12.3. The van der Waals surface area contributed by atoms with Gasteiger partial charge in [-0.3, -0.25) is 14.6 Å². The molecule has 0 aliphatic heterocycles. The van der Waals surface area contributed by atoms with Crippen LogP contribution in [0, 0.1) is 18.3 Å². The van der Waals surface area contributed by atoms with Crippen molar-refractivity contribution in [3.05, 3.63) is 87.2 Å². The molecule has 0 atom stereocenters. The van der Waals surface area contributed by atoms with Crippen molar-refractivity contribution < 1.29 is 4.79 Å². The second-order valence-electron chi connectivity index (χ2n) is 8.48. The number of rotatable bonds is 7. The van der Waals surface area contributed by atoms with E-state index >= 15 is 0 Å². The Hall–Kier alpha value is -3.70. The molecule has 36 heavy (non-hydrogen) atoms. The van der Waals surface area contributed by atoms with Crippen LogP contribution in [0.25, 0.3) is 10.9 Å². The van der Waals surface area contributed by atoms with Gasteiger partial charge < -0.3 is 9.88 Å². The number of nitrogens with one attached hydrogen (secondary N) is 1. The van der Waals surface area contributed by atoms with E-state index in [1.807, 2.05) is 45.0 Å². The molecule has 8 heteroatoms. The summed E-state index contributed by atoms with van der Waals surface area (Å²) in [4.78, 5) is 33.2. The van der Waals surface area contributed by atoms with E-state index in [1.54, 1.807) is 19.3 Å². The van der Waals surface area contributed by atoms with Crippen LogP contribution in [0.1, 0.15) is 54.9 Å². The van der Waals surface area contributed by atoms with Gasteiger partial charge in [-0.25, -0.2) is 4.98 Å². The zero-order valence-corrected chi connectivity index (χ0v) is 21.9. The Labute approximate surface area is 216 Å². The van der Waals surface area contributed by atoms with Crippen LogP contribution in [0.4, 0.5) is 0 Å². The SMILES string of the molecule is C=N/C(=C\NCc1ccc2ncn(C)c(=O)c2c1)C(=O)SC1CC(c2cc(C)ccc2C#N)C1.CC. The lowest BCUT2D eigenvalue weighted by atomic mass is 9.77. The first-order valence-corrected chi connectivity index (χ1v) is 12.8. The molecule has 0 unspecified atom stereocenters. The number of nitriles is 1. The van der Waals surface area contributed by atoms with E-state index in [0.29, 0.717) is 28.9 Å². The summed E-state index contributed by atoms with van der Waals surface area (Å²) < 4.78 is 1.44. The van der Waals surface area contributed by atoms with E-state index in [0.717, 1.165) is 29.5 Å². The molecule has 1 aliphatic rings. The van der Waals surface area contributed by atoms with Crippen LogP contribution in [-0.2, 0) is 18.4 Å². The number of aliphatic imine (C=N–C) groups is 1. The molecular formula is C28H31N5O2S. The van der Waals surface area contributed by atoms with Crippen LogP contribution < -0.4 is 10.9 Å².